The van der Waals surface area contributed by atoms with Gasteiger partial charge in [-0.1, -0.05) is 0 Å². The molecule has 2 aromatic rings. The third-order valence-electron chi connectivity index (χ3n) is 3.50. The summed E-state index contributed by atoms with van der Waals surface area (Å²) < 4.78 is 9.87. The topological polar surface area (TPSA) is 137 Å². The van der Waals surface area contributed by atoms with E-state index in [2.05, 4.69) is 10.6 Å². The van der Waals surface area contributed by atoms with Crippen molar-refractivity contribution in [3.05, 3.63) is 58.1 Å². The molecule has 0 unspecified atom stereocenters. The smallest absolute Gasteiger partial charge is 0.338 e. The lowest BCUT2D eigenvalue weighted by Gasteiger charge is -2.10. The van der Waals surface area contributed by atoms with Crippen molar-refractivity contribution in [1.29, 1.82) is 0 Å². The van der Waals surface area contributed by atoms with Gasteiger partial charge in [-0.05, 0) is 37.3 Å². The Labute approximate surface area is 159 Å². The van der Waals surface area contributed by atoms with Gasteiger partial charge in [0.25, 0.3) is 5.69 Å². The minimum absolute atomic E-state index is 0.0190. The summed E-state index contributed by atoms with van der Waals surface area (Å²) in [5.41, 5.74) is 0.283. The van der Waals surface area contributed by atoms with E-state index in [1.54, 1.807) is 6.92 Å². The zero-order valence-corrected chi connectivity index (χ0v) is 15.1. The van der Waals surface area contributed by atoms with Crippen LogP contribution in [0.2, 0.25) is 0 Å². The number of carbonyl (C=O) groups excluding carboxylic acids is 3. The van der Waals surface area contributed by atoms with Gasteiger partial charge in [0.15, 0.2) is 0 Å². The van der Waals surface area contributed by atoms with Crippen molar-refractivity contribution >= 4 is 34.8 Å². The van der Waals surface area contributed by atoms with E-state index in [1.807, 2.05) is 0 Å². The summed E-state index contributed by atoms with van der Waals surface area (Å²) in [4.78, 5) is 46.0. The maximum atomic E-state index is 12.1. The number of benzene rings is 2. The summed E-state index contributed by atoms with van der Waals surface area (Å²) in [5.74, 6) is -2.40. The molecule has 0 bridgehead atoms. The van der Waals surface area contributed by atoms with Crippen LogP contribution in [0.25, 0.3) is 0 Å². The first-order valence-electron chi connectivity index (χ1n) is 8.07. The molecule has 2 N–H and O–H groups in total. The molecule has 0 aliphatic heterocycles. The highest BCUT2D eigenvalue weighted by Gasteiger charge is 2.19. The van der Waals surface area contributed by atoms with Crippen molar-refractivity contribution in [1.82, 2.24) is 0 Å². The van der Waals surface area contributed by atoms with Crippen molar-refractivity contribution in [3.63, 3.8) is 0 Å². The molecule has 2 aromatic carbocycles. The molecule has 2 rings (SSSR count). The Morgan fingerprint density at radius 3 is 2.25 bits per heavy atom. The van der Waals surface area contributed by atoms with Crippen LogP contribution >= 0.6 is 0 Å². The van der Waals surface area contributed by atoms with Gasteiger partial charge in [-0.15, -0.1) is 0 Å². The van der Waals surface area contributed by atoms with Gasteiger partial charge in [0.2, 0.25) is 0 Å². The second-order valence-electron chi connectivity index (χ2n) is 5.35. The molecule has 28 heavy (non-hydrogen) atoms. The van der Waals surface area contributed by atoms with Crippen molar-refractivity contribution in [2.45, 2.75) is 6.92 Å². The number of anilines is 2. The van der Waals surface area contributed by atoms with E-state index in [4.69, 9.17) is 9.47 Å². The lowest BCUT2D eigenvalue weighted by atomic mass is 10.2. The fourth-order valence-electron chi connectivity index (χ4n) is 2.18. The van der Waals surface area contributed by atoms with Gasteiger partial charge in [0, 0.05) is 17.8 Å². The van der Waals surface area contributed by atoms with E-state index in [9.17, 15) is 24.5 Å². The van der Waals surface area contributed by atoms with Crippen molar-refractivity contribution < 1.29 is 28.8 Å². The van der Waals surface area contributed by atoms with Crippen LogP contribution in [0.15, 0.2) is 42.5 Å². The number of methoxy groups -OCH3 is 1. The number of nitrogens with zero attached hydrogens (tertiary/aromatic N) is 1. The average Bonchev–Trinajstić information content (AvgIpc) is 2.68. The van der Waals surface area contributed by atoms with Crippen LogP contribution in [0.4, 0.5) is 17.1 Å². The zero-order valence-electron chi connectivity index (χ0n) is 15.1. The van der Waals surface area contributed by atoms with E-state index < -0.39 is 22.7 Å². The molecule has 0 fully saturated rings. The molecule has 0 heterocycles. The number of nitro groups is 1. The fourth-order valence-corrected chi connectivity index (χ4v) is 2.18. The molecule has 0 aliphatic rings. The summed E-state index contributed by atoms with van der Waals surface area (Å²) in [6.45, 7) is 1.92. The first kappa shape index (κ1) is 20.4. The molecule has 0 aliphatic carbocycles. The van der Waals surface area contributed by atoms with Crippen molar-refractivity contribution in [2.75, 3.05) is 24.4 Å². The lowest BCUT2D eigenvalue weighted by molar-refractivity contribution is -0.384. The second-order valence-corrected chi connectivity index (χ2v) is 5.35. The quantitative estimate of drug-likeness (QED) is 0.336. The normalized spacial score (nSPS) is 9.93. The number of nitro benzene ring substituents is 1. The van der Waals surface area contributed by atoms with Gasteiger partial charge >= 0.3 is 17.8 Å². The minimum atomic E-state index is -1.05. The molecule has 10 nitrogen and oxygen atoms in total. The van der Waals surface area contributed by atoms with Crippen LogP contribution < -0.4 is 15.4 Å². The molecule has 10 heteroatoms. The minimum Gasteiger partial charge on any atom is -0.495 e. The first-order chi connectivity index (χ1) is 13.3. The van der Waals surface area contributed by atoms with E-state index in [-0.39, 0.29) is 29.4 Å². The predicted molar refractivity (Wildman–Crippen MR) is 99.3 cm³/mol. The largest absolute Gasteiger partial charge is 0.495 e. The Balaban J connectivity index is 2.07. The molecule has 2 amide bonds. The number of non-ortho nitro benzene ring substituents is 1. The molecular weight excluding hydrogens is 370 g/mol. The number of carbonyl (C=O) groups is 3. The number of esters is 1. The summed E-state index contributed by atoms with van der Waals surface area (Å²) in [6.07, 6.45) is 0. The third kappa shape index (κ3) is 5.04. The Kier molecular flexibility index (Phi) is 6.63. The van der Waals surface area contributed by atoms with Gasteiger partial charge in [0.05, 0.1) is 29.9 Å². The van der Waals surface area contributed by atoms with E-state index in [1.165, 1.54) is 43.5 Å². The first-order valence-corrected chi connectivity index (χ1v) is 8.07. The average molecular weight is 387 g/mol. The summed E-state index contributed by atoms with van der Waals surface area (Å²) in [6, 6.07) is 9.35. The van der Waals surface area contributed by atoms with Crippen molar-refractivity contribution in [2.24, 2.45) is 0 Å². The molecule has 0 aromatic heterocycles. The van der Waals surface area contributed by atoms with Gasteiger partial charge in [-0.25, -0.2) is 4.79 Å². The molecule has 0 saturated carbocycles. The highest BCUT2D eigenvalue weighted by Crippen LogP contribution is 2.28. The summed E-state index contributed by atoms with van der Waals surface area (Å²) in [7, 11) is 1.32. The Morgan fingerprint density at radius 1 is 1.04 bits per heavy atom. The molecule has 0 radical (unpaired) electrons. The number of nitrogens with one attached hydrogen (secondary N) is 2. The number of ether oxygens (including phenoxy) is 2. The maximum Gasteiger partial charge on any atom is 0.338 e. The van der Waals surface area contributed by atoms with Gasteiger partial charge in [0.1, 0.15) is 5.75 Å². The van der Waals surface area contributed by atoms with Gasteiger partial charge in [-0.3, -0.25) is 19.7 Å². The number of hydrogen-bond acceptors (Lipinski definition) is 7. The summed E-state index contributed by atoms with van der Waals surface area (Å²) >= 11 is 0. The Bertz CT molecular complexity index is 910. The van der Waals surface area contributed by atoms with Crippen LogP contribution in [0.3, 0.4) is 0 Å². The van der Waals surface area contributed by atoms with E-state index >= 15 is 0 Å². The Morgan fingerprint density at radius 2 is 1.68 bits per heavy atom. The summed E-state index contributed by atoms with van der Waals surface area (Å²) in [5, 5.41) is 15.5. The van der Waals surface area contributed by atoms with Crippen LogP contribution in [0, 0.1) is 10.1 Å². The van der Waals surface area contributed by atoms with Crippen LogP contribution in [0.5, 0.6) is 5.75 Å². The Hall–Kier alpha value is -3.95. The number of hydrogen-bond donors (Lipinski definition) is 2. The number of rotatable bonds is 6. The van der Waals surface area contributed by atoms with Gasteiger partial charge in [-0.2, -0.15) is 0 Å². The van der Waals surface area contributed by atoms with Crippen LogP contribution in [-0.2, 0) is 14.3 Å². The number of amides is 2. The highest BCUT2D eigenvalue weighted by molar-refractivity contribution is 6.43. The molecule has 0 atom stereocenters. The van der Waals surface area contributed by atoms with Crippen molar-refractivity contribution in [3.8, 4) is 5.75 Å². The predicted octanol–water partition coefficient (Wildman–Crippen LogP) is 2.36. The zero-order chi connectivity index (χ0) is 20.7. The molecule has 146 valence electrons. The van der Waals surface area contributed by atoms with Gasteiger partial charge < -0.3 is 20.1 Å². The van der Waals surface area contributed by atoms with E-state index in [0.29, 0.717) is 5.56 Å². The van der Waals surface area contributed by atoms with Crippen LogP contribution in [0.1, 0.15) is 17.3 Å². The SMILES string of the molecule is CCOC(=O)c1ccc(NC(=O)C(=O)Nc2cc([N+](=O)[O-])ccc2OC)cc1. The maximum absolute atomic E-state index is 12.1. The second kappa shape index (κ2) is 9.12. The monoisotopic (exact) mass is 387 g/mol. The highest BCUT2D eigenvalue weighted by atomic mass is 16.6. The van der Waals surface area contributed by atoms with E-state index in [0.717, 1.165) is 6.07 Å². The lowest BCUT2D eigenvalue weighted by Crippen LogP contribution is -2.29. The van der Waals surface area contributed by atoms with Crippen LogP contribution in [-0.4, -0.2) is 36.4 Å². The third-order valence-corrected chi connectivity index (χ3v) is 3.50. The fraction of sp³-hybridized carbons (Fsp3) is 0.167. The molecular formula is C18H17N3O7. The molecule has 0 saturated heterocycles. The molecule has 0 spiro atoms. The standard InChI is InChI=1S/C18H17N3O7/c1-3-28-18(24)11-4-6-12(7-5-11)19-16(22)17(23)20-14-10-13(21(25)26)8-9-15(14)27-2/h4-10H,3H2,1-2H3,(H,19,22)(H,20,23).